The van der Waals surface area contributed by atoms with Gasteiger partial charge in [-0.2, -0.15) is 0 Å². The Kier molecular flexibility index (Phi) is 5.08. The average Bonchev–Trinajstić information content (AvgIpc) is 2.36. The van der Waals surface area contributed by atoms with Crippen LogP contribution in [0.3, 0.4) is 0 Å². The van der Waals surface area contributed by atoms with Gasteiger partial charge < -0.3 is 5.32 Å². The Morgan fingerprint density at radius 3 is 2.61 bits per heavy atom. The molecule has 1 saturated heterocycles. The molecule has 2 rings (SSSR count). The molecule has 0 radical (unpaired) electrons. The molecule has 1 saturated carbocycles. The first kappa shape index (κ1) is 14.3. The Labute approximate surface area is 114 Å². The van der Waals surface area contributed by atoms with Crippen molar-refractivity contribution in [2.45, 2.75) is 77.8 Å². The topological polar surface area (TPSA) is 15.3 Å². The normalized spacial score (nSPS) is 32.7. The van der Waals surface area contributed by atoms with E-state index in [-0.39, 0.29) is 0 Å². The zero-order valence-corrected chi connectivity index (χ0v) is 12.7. The van der Waals surface area contributed by atoms with E-state index in [2.05, 4.69) is 31.0 Å². The van der Waals surface area contributed by atoms with Gasteiger partial charge in [0.25, 0.3) is 0 Å². The third-order valence-corrected chi connectivity index (χ3v) is 4.97. The van der Waals surface area contributed by atoms with Gasteiger partial charge in [0.2, 0.25) is 0 Å². The standard InChI is InChI=1S/C16H32N2/c1-4-18(13-14-8-5-6-11-17-14)15-9-7-10-16(2,3)12-15/h14-15,17H,4-13H2,1-3H3. The van der Waals surface area contributed by atoms with Crippen molar-refractivity contribution in [3.63, 3.8) is 0 Å². The monoisotopic (exact) mass is 252 g/mol. The van der Waals surface area contributed by atoms with Crippen LogP contribution in [0.25, 0.3) is 0 Å². The van der Waals surface area contributed by atoms with E-state index >= 15 is 0 Å². The lowest BCUT2D eigenvalue weighted by atomic mass is 9.74. The molecule has 0 amide bonds. The first-order valence-corrected chi connectivity index (χ1v) is 8.08. The van der Waals surface area contributed by atoms with E-state index in [1.54, 1.807) is 0 Å². The minimum atomic E-state index is 0.566. The minimum Gasteiger partial charge on any atom is -0.313 e. The molecule has 1 N–H and O–H groups in total. The summed E-state index contributed by atoms with van der Waals surface area (Å²) in [5, 5.41) is 3.70. The van der Waals surface area contributed by atoms with Gasteiger partial charge in [0, 0.05) is 18.6 Å². The molecule has 0 spiro atoms. The summed E-state index contributed by atoms with van der Waals surface area (Å²) in [7, 11) is 0. The summed E-state index contributed by atoms with van der Waals surface area (Å²) in [5.41, 5.74) is 0.566. The van der Waals surface area contributed by atoms with Crippen molar-refractivity contribution in [2.24, 2.45) is 5.41 Å². The molecule has 2 atom stereocenters. The summed E-state index contributed by atoms with van der Waals surface area (Å²) >= 11 is 0. The van der Waals surface area contributed by atoms with Gasteiger partial charge in [0.15, 0.2) is 0 Å². The largest absolute Gasteiger partial charge is 0.313 e. The molecule has 0 bridgehead atoms. The van der Waals surface area contributed by atoms with Gasteiger partial charge >= 0.3 is 0 Å². The Morgan fingerprint density at radius 2 is 2.00 bits per heavy atom. The van der Waals surface area contributed by atoms with Crippen molar-refractivity contribution < 1.29 is 0 Å². The Morgan fingerprint density at radius 1 is 1.17 bits per heavy atom. The molecule has 1 heterocycles. The lowest BCUT2D eigenvalue weighted by Crippen LogP contribution is -2.49. The Hall–Kier alpha value is -0.0800. The predicted molar refractivity (Wildman–Crippen MR) is 78.9 cm³/mol. The minimum absolute atomic E-state index is 0.566. The fourth-order valence-electron chi connectivity index (χ4n) is 3.87. The number of rotatable bonds is 4. The third-order valence-electron chi connectivity index (χ3n) is 4.97. The van der Waals surface area contributed by atoms with E-state index in [1.165, 1.54) is 64.6 Å². The average molecular weight is 252 g/mol. The first-order chi connectivity index (χ1) is 8.61. The highest BCUT2D eigenvalue weighted by molar-refractivity contribution is 4.87. The van der Waals surface area contributed by atoms with Crippen LogP contribution in [0.1, 0.15) is 65.7 Å². The summed E-state index contributed by atoms with van der Waals surface area (Å²) in [6.07, 6.45) is 9.84. The van der Waals surface area contributed by atoms with Crippen LogP contribution >= 0.6 is 0 Å². The van der Waals surface area contributed by atoms with Crippen molar-refractivity contribution >= 4 is 0 Å². The van der Waals surface area contributed by atoms with Crippen LogP contribution < -0.4 is 5.32 Å². The van der Waals surface area contributed by atoms with Crippen molar-refractivity contribution in [2.75, 3.05) is 19.6 Å². The van der Waals surface area contributed by atoms with Crippen LogP contribution in [-0.4, -0.2) is 36.6 Å². The van der Waals surface area contributed by atoms with E-state index < -0.39 is 0 Å². The van der Waals surface area contributed by atoms with Crippen LogP contribution in [-0.2, 0) is 0 Å². The highest BCUT2D eigenvalue weighted by Crippen LogP contribution is 2.37. The number of hydrogen-bond acceptors (Lipinski definition) is 2. The maximum Gasteiger partial charge on any atom is 0.0195 e. The lowest BCUT2D eigenvalue weighted by molar-refractivity contribution is 0.0870. The maximum absolute atomic E-state index is 3.70. The highest BCUT2D eigenvalue weighted by atomic mass is 15.2. The summed E-state index contributed by atoms with van der Waals surface area (Å²) < 4.78 is 0. The highest BCUT2D eigenvalue weighted by Gasteiger charge is 2.31. The molecule has 1 aliphatic heterocycles. The zero-order valence-electron chi connectivity index (χ0n) is 12.7. The van der Waals surface area contributed by atoms with Gasteiger partial charge in [0.1, 0.15) is 0 Å². The Bertz CT molecular complexity index is 243. The molecule has 0 aromatic carbocycles. The van der Waals surface area contributed by atoms with Crippen molar-refractivity contribution in [1.82, 2.24) is 10.2 Å². The van der Waals surface area contributed by atoms with Crippen LogP contribution in [0, 0.1) is 5.41 Å². The van der Waals surface area contributed by atoms with Gasteiger partial charge in [0.05, 0.1) is 0 Å². The summed E-state index contributed by atoms with van der Waals surface area (Å²) in [5.74, 6) is 0. The second kappa shape index (κ2) is 6.38. The van der Waals surface area contributed by atoms with E-state index in [1.807, 2.05) is 0 Å². The Balaban J connectivity index is 1.86. The second-order valence-electron chi connectivity index (χ2n) is 7.15. The van der Waals surface area contributed by atoms with Crippen molar-refractivity contribution in [1.29, 1.82) is 0 Å². The molecule has 0 aromatic heterocycles. The van der Waals surface area contributed by atoms with E-state index in [0.29, 0.717) is 5.41 Å². The van der Waals surface area contributed by atoms with Crippen LogP contribution in [0.5, 0.6) is 0 Å². The lowest BCUT2D eigenvalue weighted by Gasteiger charge is -2.42. The fraction of sp³-hybridized carbons (Fsp3) is 1.00. The molecule has 106 valence electrons. The molecular weight excluding hydrogens is 220 g/mol. The number of piperidine rings is 1. The smallest absolute Gasteiger partial charge is 0.0195 e. The molecule has 2 aliphatic rings. The van der Waals surface area contributed by atoms with Crippen LogP contribution in [0.15, 0.2) is 0 Å². The molecular formula is C16H32N2. The van der Waals surface area contributed by atoms with Gasteiger partial charge in [-0.1, -0.05) is 33.6 Å². The van der Waals surface area contributed by atoms with Crippen LogP contribution in [0.4, 0.5) is 0 Å². The molecule has 2 heteroatoms. The van der Waals surface area contributed by atoms with Crippen molar-refractivity contribution in [3.05, 3.63) is 0 Å². The molecule has 2 nitrogen and oxygen atoms in total. The molecule has 18 heavy (non-hydrogen) atoms. The van der Waals surface area contributed by atoms with Gasteiger partial charge in [-0.15, -0.1) is 0 Å². The van der Waals surface area contributed by atoms with Crippen molar-refractivity contribution in [3.8, 4) is 0 Å². The third kappa shape index (κ3) is 3.96. The van der Waals surface area contributed by atoms with E-state index in [9.17, 15) is 0 Å². The van der Waals surface area contributed by atoms with Gasteiger partial charge in [-0.3, -0.25) is 4.90 Å². The number of hydrogen-bond donors (Lipinski definition) is 1. The molecule has 0 aromatic rings. The predicted octanol–water partition coefficient (Wildman–Crippen LogP) is 3.42. The molecule has 2 unspecified atom stereocenters. The maximum atomic E-state index is 3.70. The van der Waals surface area contributed by atoms with E-state index in [0.717, 1.165) is 12.1 Å². The van der Waals surface area contributed by atoms with Gasteiger partial charge in [-0.25, -0.2) is 0 Å². The summed E-state index contributed by atoms with van der Waals surface area (Å²) in [4.78, 5) is 2.75. The second-order valence-corrected chi connectivity index (χ2v) is 7.15. The summed E-state index contributed by atoms with van der Waals surface area (Å²) in [6.45, 7) is 11.0. The quantitative estimate of drug-likeness (QED) is 0.825. The zero-order chi connectivity index (χ0) is 13.0. The fourth-order valence-corrected chi connectivity index (χ4v) is 3.87. The van der Waals surface area contributed by atoms with Crippen LogP contribution in [0.2, 0.25) is 0 Å². The molecule has 1 aliphatic carbocycles. The van der Waals surface area contributed by atoms with Gasteiger partial charge in [-0.05, 0) is 50.6 Å². The number of nitrogens with zero attached hydrogens (tertiary/aromatic N) is 1. The number of nitrogens with one attached hydrogen (secondary N) is 1. The van der Waals surface area contributed by atoms with E-state index in [4.69, 9.17) is 0 Å². The number of likely N-dealkylation sites (N-methyl/N-ethyl adjacent to an activating group) is 1. The first-order valence-electron chi connectivity index (χ1n) is 8.08. The molecule has 2 fully saturated rings. The SMILES string of the molecule is CCN(CC1CCCCN1)C1CCCC(C)(C)C1. The summed E-state index contributed by atoms with van der Waals surface area (Å²) in [6, 6.07) is 1.59.